The highest BCUT2D eigenvalue weighted by atomic mass is 79.9. The number of carbonyl (C=O) groups excluding carboxylic acids is 1. The molecule has 136 valence electrons. The van der Waals surface area contributed by atoms with E-state index in [0.717, 1.165) is 21.3 Å². The van der Waals surface area contributed by atoms with Gasteiger partial charge in [0.15, 0.2) is 11.5 Å². The van der Waals surface area contributed by atoms with E-state index in [1.54, 1.807) is 0 Å². The molecule has 0 N–H and O–H groups in total. The maximum Gasteiger partial charge on any atom is 0.306 e. The van der Waals surface area contributed by atoms with E-state index in [1.807, 2.05) is 30.3 Å². The molecule has 1 unspecified atom stereocenters. The second kappa shape index (κ2) is 7.07. The molecule has 0 saturated heterocycles. The third kappa shape index (κ3) is 3.31. The van der Waals surface area contributed by atoms with Gasteiger partial charge >= 0.3 is 5.97 Å². The van der Waals surface area contributed by atoms with Gasteiger partial charge in [-0.1, -0.05) is 22.0 Å². The molecule has 2 aliphatic heterocycles. The third-order valence-corrected chi connectivity index (χ3v) is 4.87. The molecule has 0 aromatic heterocycles. The molecule has 26 heavy (non-hydrogen) atoms. The van der Waals surface area contributed by atoms with E-state index in [0.29, 0.717) is 36.9 Å². The second-order valence-electron chi connectivity index (χ2n) is 6.08. The predicted molar refractivity (Wildman–Crippen MR) is 95.9 cm³/mol. The summed E-state index contributed by atoms with van der Waals surface area (Å²) in [5, 5.41) is 0. The van der Waals surface area contributed by atoms with Gasteiger partial charge in [0.25, 0.3) is 0 Å². The van der Waals surface area contributed by atoms with Crippen molar-refractivity contribution in [3.8, 4) is 23.0 Å². The molecule has 2 aromatic carbocycles. The summed E-state index contributed by atoms with van der Waals surface area (Å²) in [6.45, 7) is 1.03. The lowest BCUT2D eigenvalue weighted by atomic mass is 9.98. The first-order valence-electron chi connectivity index (χ1n) is 8.18. The summed E-state index contributed by atoms with van der Waals surface area (Å²) in [7, 11) is 1.39. The molecule has 6 nitrogen and oxygen atoms in total. The zero-order valence-corrected chi connectivity index (χ0v) is 15.7. The van der Waals surface area contributed by atoms with Gasteiger partial charge in [0.2, 0.25) is 6.79 Å². The maximum atomic E-state index is 11.5. The molecule has 7 heteroatoms. The van der Waals surface area contributed by atoms with Crippen LogP contribution in [0.1, 0.15) is 23.5 Å². The maximum absolute atomic E-state index is 11.5. The number of rotatable bonds is 5. The van der Waals surface area contributed by atoms with Crippen molar-refractivity contribution in [3.05, 3.63) is 45.9 Å². The van der Waals surface area contributed by atoms with E-state index >= 15 is 0 Å². The van der Waals surface area contributed by atoms with Crippen LogP contribution in [0.4, 0.5) is 0 Å². The second-order valence-corrected chi connectivity index (χ2v) is 6.99. The summed E-state index contributed by atoms with van der Waals surface area (Å²) < 4.78 is 28.2. The zero-order chi connectivity index (χ0) is 18.1. The van der Waals surface area contributed by atoms with E-state index in [9.17, 15) is 4.79 Å². The van der Waals surface area contributed by atoms with Gasteiger partial charge in [-0.25, -0.2) is 0 Å². The fourth-order valence-corrected chi connectivity index (χ4v) is 3.60. The van der Waals surface area contributed by atoms with Crippen molar-refractivity contribution in [2.24, 2.45) is 0 Å². The Hall–Kier alpha value is -2.41. The van der Waals surface area contributed by atoms with Crippen LogP contribution in [0.2, 0.25) is 0 Å². The molecule has 2 heterocycles. The van der Waals surface area contributed by atoms with E-state index in [4.69, 9.17) is 23.7 Å². The minimum atomic E-state index is -0.238. The summed E-state index contributed by atoms with van der Waals surface area (Å²) in [5.41, 5.74) is 1.90. The quantitative estimate of drug-likeness (QED) is 0.685. The first-order valence-corrected chi connectivity index (χ1v) is 8.97. The van der Waals surface area contributed by atoms with Gasteiger partial charge in [-0.2, -0.15) is 0 Å². The molecular weight excluding hydrogens is 404 g/mol. The average Bonchev–Trinajstić information content (AvgIpc) is 3.26. The molecule has 2 aliphatic rings. The first kappa shape index (κ1) is 17.0. The molecule has 0 spiro atoms. The number of halogens is 1. The highest BCUT2D eigenvalue weighted by Crippen LogP contribution is 2.40. The fraction of sp³-hybridized carbons (Fsp3) is 0.316. The Morgan fingerprint density at radius 2 is 2.08 bits per heavy atom. The third-order valence-electron chi connectivity index (χ3n) is 4.41. The summed E-state index contributed by atoms with van der Waals surface area (Å²) in [5.74, 6) is 2.64. The van der Waals surface area contributed by atoms with Crippen molar-refractivity contribution in [3.63, 3.8) is 0 Å². The highest BCUT2D eigenvalue weighted by Gasteiger charge is 2.27. The number of ether oxygens (including phenoxy) is 5. The molecule has 2 aromatic rings. The number of methoxy groups -OCH3 is 1. The van der Waals surface area contributed by atoms with Crippen molar-refractivity contribution >= 4 is 21.9 Å². The van der Waals surface area contributed by atoms with Crippen LogP contribution in [0.5, 0.6) is 23.0 Å². The molecular formula is C19H17BrO6. The van der Waals surface area contributed by atoms with Gasteiger partial charge in [0.05, 0.1) is 20.1 Å². The van der Waals surface area contributed by atoms with Gasteiger partial charge in [-0.05, 0) is 18.2 Å². The van der Waals surface area contributed by atoms with Crippen LogP contribution in [0.15, 0.2) is 34.8 Å². The minimum Gasteiger partial charge on any atom is -0.492 e. The van der Waals surface area contributed by atoms with Crippen LogP contribution < -0.4 is 18.9 Å². The molecule has 0 radical (unpaired) electrons. The van der Waals surface area contributed by atoms with Crippen LogP contribution in [-0.4, -0.2) is 26.5 Å². The Bertz CT molecular complexity index is 850. The van der Waals surface area contributed by atoms with Crippen molar-refractivity contribution in [2.75, 3.05) is 20.5 Å². The monoisotopic (exact) mass is 420 g/mol. The Balaban J connectivity index is 1.47. The molecule has 0 bridgehead atoms. The van der Waals surface area contributed by atoms with Gasteiger partial charge in [0, 0.05) is 27.6 Å². The van der Waals surface area contributed by atoms with Crippen molar-refractivity contribution in [2.45, 2.75) is 18.9 Å². The summed E-state index contributed by atoms with van der Waals surface area (Å²) >= 11 is 3.47. The Morgan fingerprint density at radius 3 is 2.92 bits per heavy atom. The number of hydrogen-bond acceptors (Lipinski definition) is 6. The number of hydrogen-bond donors (Lipinski definition) is 0. The Kier molecular flexibility index (Phi) is 4.63. The zero-order valence-electron chi connectivity index (χ0n) is 14.1. The SMILES string of the molecule is COC(=O)CC1COc2cc(OCc3cc(Br)cc4c3OCO4)ccc21. The van der Waals surface area contributed by atoms with Crippen molar-refractivity contribution in [1.29, 1.82) is 0 Å². The molecule has 1 atom stereocenters. The number of esters is 1. The molecule has 4 rings (SSSR count). The summed E-state index contributed by atoms with van der Waals surface area (Å²) in [6.07, 6.45) is 0.311. The number of benzene rings is 2. The molecule has 0 fully saturated rings. The Labute approximate surface area is 159 Å². The molecule has 0 saturated carbocycles. The van der Waals surface area contributed by atoms with E-state index in [1.165, 1.54) is 7.11 Å². The van der Waals surface area contributed by atoms with Crippen LogP contribution in [0.3, 0.4) is 0 Å². The van der Waals surface area contributed by atoms with E-state index < -0.39 is 0 Å². The van der Waals surface area contributed by atoms with Gasteiger partial charge in [-0.3, -0.25) is 4.79 Å². The predicted octanol–water partition coefficient (Wildman–Crippen LogP) is 3.80. The number of fused-ring (bicyclic) bond motifs is 2. The largest absolute Gasteiger partial charge is 0.492 e. The molecule has 0 amide bonds. The normalized spacial score (nSPS) is 16.8. The van der Waals surface area contributed by atoms with Crippen LogP contribution >= 0.6 is 15.9 Å². The smallest absolute Gasteiger partial charge is 0.306 e. The standard InChI is InChI=1S/C19H17BrO6/c1-22-18(21)5-11-8-24-16-7-14(2-3-15(11)16)23-9-12-4-13(20)6-17-19(12)26-10-25-17/h2-4,6-7,11H,5,8-10H2,1H3. The van der Waals surface area contributed by atoms with E-state index in [2.05, 4.69) is 15.9 Å². The topological polar surface area (TPSA) is 63.2 Å². The lowest BCUT2D eigenvalue weighted by Gasteiger charge is -2.11. The lowest BCUT2D eigenvalue weighted by molar-refractivity contribution is -0.141. The fourth-order valence-electron chi connectivity index (χ4n) is 3.11. The average molecular weight is 421 g/mol. The van der Waals surface area contributed by atoms with Gasteiger partial charge < -0.3 is 23.7 Å². The van der Waals surface area contributed by atoms with Crippen molar-refractivity contribution < 1.29 is 28.5 Å². The molecule has 0 aliphatic carbocycles. The summed E-state index contributed by atoms with van der Waals surface area (Å²) in [4.78, 5) is 11.5. The van der Waals surface area contributed by atoms with Crippen LogP contribution in [-0.2, 0) is 16.1 Å². The van der Waals surface area contributed by atoms with Gasteiger partial charge in [0.1, 0.15) is 18.1 Å². The van der Waals surface area contributed by atoms with Crippen LogP contribution in [0.25, 0.3) is 0 Å². The lowest BCUT2D eigenvalue weighted by Crippen LogP contribution is -2.09. The summed E-state index contributed by atoms with van der Waals surface area (Å²) in [6, 6.07) is 9.49. The number of carbonyl (C=O) groups is 1. The van der Waals surface area contributed by atoms with Gasteiger partial charge in [-0.15, -0.1) is 0 Å². The highest BCUT2D eigenvalue weighted by molar-refractivity contribution is 9.10. The Morgan fingerprint density at radius 1 is 1.19 bits per heavy atom. The first-order chi connectivity index (χ1) is 12.6. The minimum absolute atomic E-state index is 0.0189. The van der Waals surface area contributed by atoms with E-state index in [-0.39, 0.29) is 18.7 Å². The van der Waals surface area contributed by atoms with Crippen LogP contribution in [0, 0.1) is 0 Å². The van der Waals surface area contributed by atoms with Crippen molar-refractivity contribution in [1.82, 2.24) is 0 Å².